The Labute approximate surface area is 279 Å². The van der Waals surface area contributed by atoms with Gasteiger partial charge in [0.05, 0.1) is 18.1 Å². The summed E-state index contributed by atoms with van der Waals surface area (Å²) in [6.07, 6.45) is 5.13. The van der Waals surface area contributed by atoms with Crippen LogP contribution >= 0.6 is 0 Å². The number of nitrogens with two attached hydrogens (primary N) is 1. The number of rotatable bonds is 6. The summed E-state index contributed by atoms with van der Waals surface area (Å²) in [5.74, 6) is -1.11. The zero-order chi connectivity index (χ0) is 34.4. The van der Waals surface area contributed by atoms with Gasteiger partial charge in [0.1, 0.15) is 16.9 Å². The number of nitrogens with zero attached hydrogens (tertiary/aromatic N) is 7. The molecule has 14 heteroatoms. The number of benzene rings is 1. The molecule has 7 rings (SSSR count). The zero-order valence-electron chi connectivity index (χ0n) is 27.0. The summed E-state index contributed by atoms with van der Waals surface area (Å²) in [6.45, 7) is 5.11. The number of piperidine rings is 1. The summed E-state index contributed by atoms with van der Waals surface area (Å²) in [5.41, 5.74) is 9.73. The van der Waals surface area contributed by atoms with Gasteiger partial charge in [0.25, 0.3) is 11.5 Å². The van der Waals surface area contributed by atoms with Gasteiger partial charge in [0, 0.05) is 65.6 Å². The fourth-order valence-corrected chi connectivity index (χ4v) is 6.87. The Kier molecular flexibility index (Phi) is 8.22. The molecule has 0 spiro atoms. The monoisotopic (exact) mass is 663 g/mol. The molecule has 49 heavy (non-hydrogen) atoms. The fourth-order valence-electron chi connectivity index (χ4n) is 6.87. The van der Waals surface area contributed by atoms with E-state index < -0.39 is 17.3 Å². The maximum Gasteiger partial charge on any atom is 0.268 e. The summed E-state index contributed by atoms with van der Waals surface area (Å²) >= 11 is 0. The van der Waals surface area contributed by atoms with Gasteiger partial charge in [-0.1, -0.05) is 26.0 Å². The third-order valence-electron chi connectivity index (χ3n) is 9.31. The third-order valence-corrected chi connectivity index (χ3v) is 9.31. The molecule has 5 aromatic rings. The molecule has 0 saturated carbocycles. The Morgan fingerprint density at radius 3 is 2.47 bits per heavy atom. The number of halogens is 1. The lowest BCUT2D eigenvalue weighted by atomic mass is 9.92. The molecule has 1 aromatic carbocycles. The molecular formula is C35H34FN9O4. The van der Waals surface area contributed by atoms with Crippen molar-refractivity contribution in [3.05, 3.63) is 93.5 Å². The highest BCUT2D eigenvalue weighted by Gasteiger charge is 2.29. The van der Waals surface area contributed by atoms with Crippen molar-refractivity contribution >= 4 is 34.6 Å². The minimum atomic E-state index is -0.709. The van der Waals surface area contributed by atoms with E-state index in [-0.39, 0.29) is 52.6 Å². The number of amides is 2. The topological polar surface area (TPSA) is 170 Å². The first kappa shape index (κ1) is 31.8. The quantitative estimate of drug-likeness (QED) is 0.270. The van der Waals surface area contributed by atoms with Crippen molar-refractivity contribution in [3.63, 3.8) is 0 Å². The molecule has 0 radical (unpaired) electrons. The highest BCUT2D eigenvalue weighted by Crippen LogP contribution is 2.37. The number of likely N-dealkylation sites (tertiary alicyclic amines) is 1. The number of anilines is 2. The van der Waals surface area contributed by atoms with Gasteiger partial charge in [0.2, 0.25) is 5.91 Å². The van der Waals surface area contributed by atoms with Gasteiger partial charge in [-0.05, 0) is 65.9 Å². The van der Waals surface area contributed by atoms with Crippen LogP contribution in [-0.4, -0.2) is 65.2 Å². The number of ketones is 1. The van der Waals surface area contributed by atoms with E-state index in [1.165, 1.54) is 16.8 Å². The molecule has 2 aliphatic rings. The van der Waals surface area contributed by atoms with Crippen molar-refractivity contribution in [2.75, 3.05) is 24.1 Å². The first-order chi connectivity index (χ1) is 23.6. The maximum absolute atomic E-state index is 14.1. The van der Waals surface area contributed by atoms with Crippen molar-refractivity contribution in [1.82, 2.24) is 34.5 Å². The predicted molar refractivity (Wildman–Crippen MR) is 179 cm³/mol. The number of fused-ring (bicyclic) bond motifs is 2. The van der Waals surface area contributed by atoms with Crippen LogP contribution < -0.4 is 16.6 Å². The van der Waals surface area contributed by atoms with Gasteiger partial charge in [-0.15, -0.1) is 5.10 Å². The highest BCUT2D eigenvalue weighted by molar-refractivity contribution is 6.07. The molecule has 1 fully saturated rings. The number of aromatic nitrogens is 6. The summed E-state index contributed by atoms with van der Waals surface area (Å²) < 4.78 is 17.0. The normalized spacial score (nSPS) is 15.1. The summed E-state index contributed by atoms with van der Waals surface area (Å²) in [5, 5.41) is 14.9. The van der Waals surface area contributed by atoms with Gasteiger partial charge in [-0.25, -0.2) is 8.91 Å². The molecule has 1 saturated heterocycles. The first-order valence-corrected chi connectivity index (χ1v) is 16.2. The van der Waals surface area contributed by atoms with E-state index in [0.29, 0.717) is 42.8 Å². The van der Waals surface area contributed by atoms with E-state index in [9.17, 15) is 23.6 Å². The maximum atomic E-state index is 14.1. The van der Waals surface area contributed by atoms with Crippen LogP contribution in [0.1, 0.15) is 77.6 Å². The SMILES string of the molecule is CC(C)C(=O)N1CCC(c2cc(-c3ccc(NC(=O)c4cc5c(n(-c6cncc(F)c6)c4=O)CCCC5=O)cc3)c3c(N)nnnn23)CC1. The summed E-state index contributed by atoms with van der Waals surface area (Å²) in [4.78, 5) is 58.4. The van der Waals surface area contributed by atoms with Gasteiger partial charge < -0.3 is 16.0 Å². The number of carbonyl (C=O) groups is 3. The van der Waals surface area contributed by atoms with Crippen LogP contribution in [0.3, 0.4) is 0 Å². The second-order valence-electron chi connectivity index (χ2n) is 12.8. The van der Waals surface area contributed by atoms with Crippen LogP contribution in [-0.2, 0) is 11.2 Å². The Morgan fingerprint density at radius 2 is 1.76 bits per heavy atom. The van der Waals surface area contributed by atoms with E-state index in [0.717, 1.165) is 41.9 Å². The fraction of sp³-hybridized carbons (Fsp3) is 0.314. The van der Waals surface area contributed by atoms with E-state index in [2.05, 4.69) is 25.8 Å². The van der Waals surface area contributed by atoms with Crippen molar-refractivity contribution in [2.45, 2.75) is 51.9 Å². The Bertz CT molecular complexity index is 2180. The second kappa shape index (κ2) is 12.7. The van der Waals surface area contributed by atoms with Crippen LogP contribution in [0, 0.1) is 11.7 Å². The van der Waals surface area contributed by atoms with E-state index >= 15 is 0 Å². The van der Waals surface area contributed by atoms with Crippen LogP contribution in [0.5, 0.6) is 0 Å². The Balaban J connectivity index is 1.17. The van der Waals surface area contributed by atoms with Crippen molar-refractivity contribution in [1.29, 1.82) is 0 Å². The third kappa shape index (κ3) is 5.83. The molecule has 1 aliphatic heterocycles. The molecule has 1 aliphatic carbocycles. The lowest BCUT2D eigenvalue weighted by Gasteiger charge is -2.32. The van der Waals surface area contributed by atoms with Gasteiger partial charge in [-0.3, -0.25) is 28.7 Å². The molecule has 0 bridgehead atoms. The van der Waals surface area contributed by atoms with Crippen molar-refractivity contribution in [2.24, 2.45) is 5.92 Å². The molecule has 3 N–H and O–H groups in total. The minimum Gasteiger partial charge on any atom is -0.380 e. The Hall–Kier alpha value is -5.79. The number of nitrogens with one attached hydrogen (secondary N) is 1. The minimum absolute atomic E-state index is 0.0551. The number of pyridine rings is 2. The highest BCUT2D eigenvalue weighted by atomic mass is 19.1. The molecule has 250 valence electrons. The number of Topliss-reactive ketones (excluding diaryl/α,β-unsaturated/α-hetero) is 1. The summed E-state index contributed by atoms with van der Waals surface area (Å²) in [6, 6.07) is 11.5. The summed E-state index contributed by atoms with van der Waals surface area (Å²) in [7, 11) is 0. The van der Waals surface area contributed by atoms with Crippen LogP contribution in [0.2, 0.25) is 0 Å². The van der Waals surface area contributed by atoms with E-state index in [1.807, 2.05) is 36.9 Å². The molecule has 5 heterocycles. The standard InChI is InChI=1S/C35H34FN9O4/c1-19(2)34(48)43-12-10-21(11-13-43)29-16-25(31-32(37)40-41-42-45(29)31)20-6-8-23(9-7-20)39-33(47)27-15-26-28(4-3-5-30(26)46)44(35(27)49)24-14-22(36)17-38-18-24/h6-9,14-19,21H,3-5,10-13H2,1-2H3,(H,39,47)(H2,37,40,42). The molecule has 13 nitrogen and oxygen atoms in total. The molecule has 0 atom stereocenters. The molecule has 2 amide bonds. The molecular weight excluding hydrogens is 629 g/mol. The van der Waals surface area contributed by atoms with Crippen LogP contribution in [0.15, 0.2) is 59.7 Å². The molecule has 0 unspecified atom stereocenters. The van der Waals surface area contributed by atoms with Crippen molar-refractivity contribution < 1.29 is 18.8 Å². The average molecular weight is 664 g/mol. The Morgan fingerprint density at radius 1 is 1.00 bits per heavy atom. The van der Waals surface area contributed by atoms with Gasteiger partial charge in [0.15, 0.2) is 11.6 Å². The van der Waals surface area contributed by atoms with Gasteiger partial charge >= 0.3 is 0 Å². The van der Waals surface area contributed by atoms with Crippen molar-refractivity contribution in [3.8, 4) is 16.8 Å². The molecule has 4 aromatic heterocycles. The van der Waals surface area contributed by atoms with E-state index in [1.54, 1.807) is 16.6 Å². The zero-order valence-corrected chi connectivity index (χ0v) is 27.0. The number of carbonyl (C=O) groups excluding carboxylic acids is 3. The van der Waals surface area contributed by atoms with Crippen LogP contribution in [0.4, 0.5) is 15.9 Å². The average Bonchev–Trinajstić information content (AvgIpc) is 3.49. The lowest BCUT2D eigenvalue weighted by Crippen LogP contribution is -2.40. The number of nitrogen functional groups attached to an aromatic ring is 1. The van der Waals surface area contributed by atoms with Crippen LogP contribution in [0.25, 0.3) is 22.3 Å². The van der Waals surface area contributed by atoms with E-state index in [4.69, 9.17) is 5.73 Å². The lowest BCUT2D eigenvalue weighted by molar-refractivity contribution is -0.135. The second-order valence-corrected chi connectivity index (χ2v) is 12.8. The largest absolute Gasteiger partial charge is 0.380 e. The smallest absolute Gasteiger partial charge is 0.268 e. The first-order valence-electron chi connectivity index (χ1n) is 16.2. The van der Waals surface area contributed by atoms with Gasteiger partial charge in [-0.2, -0.15) is 0 Å². The number of hydrogen-bond donors (Lipinski definition) is 2. The number of hydrogen-bond acceptors (Lipinski definition) is 9. The predicted octanol–water partition coefficient (Wildman–Crippen LogP) is 4.19.